The number of nitrogens with one attached hydrogen (secondary N) is 1. The van der Waals surface area contributed by atoms with Gasteiger partial charge in [0, 0.05) is 7.11 Å². The highest BCUT2D eigenvalue weighted by Gasteiger charge is 2.08. The molecule has 0 fully saturated rings. The van der Waals surface area contributed by atoms with Crippen molar-refractivity contribution in [1.82, 2.24) is 5.32 Å². The number of carbonyl (C=O) groups is 1. The molecule has 1 unspecified atom stereocenters. The maximum absolute atomic E-state index is 10.9. The maximum atomic E-state index is 10.9. The van der Waals surface area contributed by atoms with Crippen molar-refractivity contribution >= 4 is 5.91 Å². The first-order valence-electron chi connectivity index (χ1n) is 3.92. The Morgan fingerprint density at radius 3 is 2.83 bits per heavy atom. The Bertz CT molecular complexity index is 174. The third-order valence-electron chi connectivity index (χ3n) is 1.34. The summed E-state index contributed by atoms with van der Waals surface area (Å²) >= 11 is 0. The van der Waals surface area contributed by atoms with Gasteiger partial charge in [-0.1, -0.05) is 13.3 Å². The van der Waals surface area contributed by atoms with Crippen molar-refractivity contribution in [1.29, 1.82) is 5.26 Å². The molecule has 4 heteroatoms. The van der Waals surface area contributed by atoms with E-state index >= 15 is 0 Å². The minimum atomic E-state index is -0.377. The molecule has 1 N–H and O–H groups in total. The van der Waals surface area contributed by atoms with Gasteiger partial charge in [-0.25, -0.2) is 0 Å². The van der Waals surface area contributed by atoms with Crippen molar-refractivity contribution in [3.05, 3.63) is 0 Å². The second-order valence-corrected chi connectivity index (χ2v) is 2.47. The van der Waals surface area contributed by atoms with Crippen LogP contribution in [0.15, 0.2) is 0 Å². The fourth-order valence-corrected chi connectivity index (χ4v) is 0.825. The number of nitriles is 1. The highest BCUT2D eigenvalue weighted by Crippen LogP contribution is 1.94. The monoisotopic (exact) mass is 170 g/mol. The van der Waals surface area contributed by atoms with E-state index in [0.29, 0.717) is 6.42 Å². The molecule has 4 nitrogen and oxygen atoms in total. The number of hydrogen-bond acceptors (Lipinski definition) is 3. The van der Waals surface area contributed by atoms with E-state index in [2.05, 4.69) is 10.1 Å². The lowest BCUT2D eigenvalue weighted by molar-refractivity contribution is -0.125. The first kappa shape index (κ1) is 10.9. The van der Waals surface area contributed by atoms with Gasteiger partial charge >= 0.3 is 0 Å². The molecular formula is C8H14N2O2. The molecule has 0 aromatic heterocycles. The number of carbonyl (C=O) groups excluding carboxylic acids is 1. The van der Waals surface area contributed by atoms with E-state index in [9.17, 15) is 4.79 Å². The van der Waals surface area contributed by atoms with Crippen LogP contribution in [-0.2, 0) is 9.53 Å². The molecule has 0 heterocycles. The summed E-state index contributed by atoms with van der Waals surface area (Å²) in [5.74, 6) is -0.238. The van der Waals surface area contributed by atoms with Crippen LogP contribution in [0, 0.1) is 11.3 Å². The lowest BCUT2D eigenvalue weighted by Crippen LogP contribution is -2.35. The van der Waals surface area contributed by atoms with Crippen molar-refractivity contribution in [3.63, 3.8) is 0 Å². The van der Waals surface area contributed by atoms with Gasteiger partial charge in [0.05, 0.1) is 6.07 Å². The van der Waals surface area contributed by atoms with Gasteiger partial charge in [0.25, 0.3) is 0 Å². The fourth-order valence-electron chi connectivity index (χ4n) is 0.825. The lowest BCUT2D eigenvalue weighted by atomic mass is 10.2. The first-order valence-corrected chi connectivity index (χ1v) is 3.92. The third kappa shape index (κ3) is 4.69. The molecule has 68 valence electrons. The fraction of sp³-hybridized carbons (Fsp3) is 0.750. The lowest BCUT2D eigenvalue weighted by Gasteiger charge is -2.08. The molecule has 0 aromatic carbocycles. The predicted molar refractivity (Wildman–Crippen MR) is 44.3 cm³/mol. The molecule has 0 saturated heterocycles. The molecule has 0 radical (unpaired) electrons. The summed E-state index contributed by atoms with van der Waals surface area (Å²) in [5.41, 5.74) is 0. The van der Waals surface area contributed by atoms with Gasteiger partial charge in [-0.3, -0.25) is 4.79 Å². The Labute approximate surface area is 72.5 Å². The van der Waals surface area contributed by atoms with E-state index in [1.54, 1.807) is 0 Å². The largest absolute Gasteiger partial charge is 0.375 e. The van der Waals surface area contributed by atoms with E-state index in [1.807, 2.05) is 13.0 Å². The number of nitrogens with zero attached hydrogens (tertiary/aromatic N) is 1. The molecule has 1 amide bonds. The van der Waals surface area contributed by atoms with Crippen molar-refractivity contribution in [3.8, 4) is 6.07 Å². The molecule has 12 heavy (non-hydrogen) atoms. The van der Waals surface area contributed by atoms with E-state index in [0.717, 1.165) is 6.42 Å². The quantitative estimate of drug-likeness (QED) is 0.651. The summed E-state index contributed by atoms with van der Waals surface area (Å²) in [7, 11) is 1.45. The minimum Gasteiger partial charge on any atom is -0.375 e. The van der Waals surface area contributed by atoms with Crippen LogP contribution in [0.5, 0.6) is 0 Å². The smallest absolute Gasteiger partial charge is 0.247 e. The maximum Gasteiger partial charge on any atom is 0.247 e. The van der Waals surface area contributed by atoms with Crippen LogP contribution >= 0.6 is 0 Å². The zero-order chi connectivity index (χ0) is 9.40. The number of rotatable bonds is 5. The summed E-state index contributed by atoms with van der Waals surface area (Å²) in [4.78, 5) is 10.9. The zero-order valence-corrected chi connectivity index (χ0v) is 7.46. The van der Waals surface area contributed by atoms with Gasteiger partial charge < -0.3 is 10.1 Å². The Morgan fingerprint density at radius 2 is 2.42 bits per heavy atom. The van der Waals surface area contributed by atoms with Crippen molar-refractivity contribution in [2.45, 2.75) is 25.8 Å². The Balaban J connectivity index is 3.71. The molecule has 0 spiro atoms. The van der Waals surface area contributed by atoms with Crippen LogP contribution in [0.25, 0.3) is 0 Å². The predicted octanol–water partition coefficient (Wildman–Crippen LogP) is 0.441. The van der Waals surface area contributed by atoms with E-state index < -0.39 is 0 Å². The molecule has 0 saturated carbocycles. The summed E-state index contributed by atoms with van der Waals surface area (Å²) < 4.78 is 4.61. The number of ether oxygens (including phenoxy) is 1. The molecule has 0 bridgehead atoms. The molecule has 0 aromatic rings. The van der Waals surface area contributed by atoms with Gasteiger partial charge in [-0.15, -0.1) is 0 Å². The summed E-state index contributed by atoms with van der Waals surface area (Å²) in [6, 6.07) is 1.63. The number of amides is 1. The highest BCUT2D eigenvalue weighted by molar-refractivity contribution is 5.77. The Kier molecular flexibility index (Phi) is 6.02. The standard InChI is InChI=1S/C8H14N2O2/c1-3-4-7(5-9)10-8(11)6-12-2/h7H,3-4,6H2,1-2H3,(H,10,11). The molecule has 0 aliphatic rings. The van der Waals surface area contributed by atoms with Gasteiger partial charge in [0.2, 0.25) is 5.91 Å². The second-order valence-electron chi connectivity index (χ2n) is 2.47. The van der Waals surface area contributed by atoms with Crippen LogP contribution in [-0.4, -0.2) is 25.7 Å². The van der Waals surface area contributed by atoms with Gasteiger partial charge in [0.15, 0.2) is 0 Å². The van der Waals surface area contributed by atoms with E-state index in [-0.39, 0.29) is 18.6 Å². The normalized spacial score (nSPS) is 11.8. The van der Waals surface area contributed by atoms with Crippen LogP contribution in [0.1, 0.15) is 19.8 Å². The second kappa shape index (κ2) is 6.62. The molecule has 0 rings (SSSR count). The Hall–Kier alpha value is -1.08. The number of hydrogen-bond donors (Lipinski definition) is 1. The topological polar surface area (TPSA) is 62.1 Å². The van der Waals surface area contributed by atoms with Gasteiger partial charge in [-0.2, -0.15) is 5.26 Å². The molecule has 0 aliphatic heterocycles. The van der Waals surface area contributed by atoms with Crippen molar-refractivity contribution < 1.29 is 9.53 Å². The van der Waals surface area contributed by atoms with Gasteiger partial charge in [0.1, 0.15) is 12.6 Å². The third-order valence-corrected chi connectivity index (χ3v) is 1.34. The van der Waals surface area contributed by atoms with Gasteiger partial charge in [-0.05, 0) is 6.42 Å². The van der Waals surface area contributed by atoms with Crippen molar-refractivity contribution in [2.24, 2.45) is 0 Å². The number of methoxy groups -OCH3 is 1. The van der Waals surface area contributed by atoms with Crippen LogP contribution in [0.2, 0.25) is 0 Å². The van der Waals surface area contributed by atoms with E-state index in [1.165, 1.54) is 7.11 Å². The zero-order valence-electron chi connectivity index (χ0n) is 7.46. The summed E-state index contributed by atoms with van der Waals surface area (Å²) in [6.07, 6.45) is 1.57. The average molecular weight is 170 g/mol. The average Bonchev–Trinajstić information content (AvgIpc) is 2.04. The summed E-state index contributed by atoms with van der Waals surface area (Å²) in [5, 5.41) is 11.1. The van der Waals surface area contributed by atoms with Crippen LogP contribution < -0.4 is 5.32 Å². The highest BCUT2D eigenvalue weighted by atomic mass is 16.5. The van der Waals surface area contributed by atoms with Crippen molar-refractivity contribution in [2.75, 3.05) is 13.7 Å². The SMILES string of the molecule is CCCC(C#N)NC(=O)COC. The van der Waals surface area contributed by atoms with Crippen LogP contribution in [0.3, 0.4) is 0 Å². The van der Waals surface area contributed by atoms with Crippen LogP contribution in [0.4, 0.5) is 0 Å². The summed E-state index contributed by atoms with van der Waals surface area (Å²) in [6.45, 7) is 1.98. The van der Waals surface area contributed by atoms with E-state index in [4.69, 9.17) is 5.26 Å². The Morgan fingerprint density at radius 1 is 1.75 bits per heavy atom. The molecule has 1 atom stereocenters. The molecule has 0 aliphatic carbocycles. The molecular weight excluding hydrogens is 156 g/mol. The first-order chi connectivity index (χ1) is 5.74. The minimum absolute atomic E-state index is 0.0158.